The number of ether oxygens (including phenoxy) is 1. The predicted octanol–water partition coefficient (Wildman–Crippen LogP) is 5.06. The van der Waals surface area contributed by atoms with Gasteiger partial charge in [-0.1, -0.05) is 23.7 Å². The molecule has 1 N–H and O–H groups in total. The van der Waals surface area contributed by atoms with Gasteiger partial charge in [-0.05, 0) is 48.0 Å². The number of aliphatic carboxylic acids is 1. The van der Waals surface area contributed by atoms with Crippen molar-refractivity contribution in [1.82, 2.24) is 4.57 Å². The summed E-state index contributed by atoms with van der Waals surface area (Å²) in [6, 6.07) is 16.4. The summed E-state index contributed by atoms with van der Waals surface area (Å²) in [5.74, 6) is -0.220. The summed E-state index contributed by atoms with van der Waals surface area (Å²) in [4.78, 5) is 12.6. The number of hydrogen-bond acceptors (Lipinski definition) is 3. The van der Waals surface area contributed by atoms with Crippen molar-refractivity contribution in [2.45, 2.75) is 10.1 Å². The highest BCUT2D eigenvalue weighted by atomic mass is 35.5. The fourth-order valence-corrected chi connectivity index (χ4v) is 3.83. The molecule has 0 aliphatic carbocycles. The van der Waals surface area contributed by atoms with E-state index < -0.39 is 11.2 Å². The fraction of sp³-hybridized carbons (Fsp3) is 0.105. The van der Waals surface area contributed by atoms with Crippen LogP contribution in [0.5, 0.6) is 5.75 Å². The lowest BCUT2D eigenvalue weighted by atomic mass is 10.1. The van der Waals surface area contributed by atoms with E-state index in [0.717, 1.165) is 10.6 Å². The Bertz CT molecular complexity index is 863. The van der Waals surface area contributed by atoms with Gasteiger partial charge >= 0.3 is 5.97 Å². The first-order chi connectivity index (χ1) is 12.1. The minimum absolute atomic E-state index is 0.567. The van der Waals surface area contributed by atoms with Gasteiger partial charge in [-0.2, -0.15) is 0 Å². The first-order valence-electron chi connectivity index (χ1n) is 7.55. The zero-order chi connectivity index (χ0) is 17.8. The average Bonchev–Trinajstić information content (AvgIpc) is 3.14. The van der Waals surface area contributed by atoms with Gasteiger partial charge in [0.15, 0.2) is 0 Å². The molecule has 0 bridgehead atoms. The van der Waals surface area contributed by atoms with Crippen LogP contribution in [0.25, 0.3) is 5.69 Å². The van der Waals surface area contributed by atoms with Gasteiger partial charge < -0.3 is 14.4 Å². The molecule has 0 fully saturated rings. The third-order valence-corrected chi connectivity index (χ3v) is 5.22. The lowest BCUT2D eigenvalue weighted by molar-refractivity contribution is -0.136. The summed E-state index contributed by atoms with van der Waals surface area (Å²) in [5, 5.41) is 9.53. The van der Waals surface area contributed by atoms with E-state index in [1.807, 2.05) is 35.2 Å². The van der Waals surface area contributed by atoms with Gasteiger partial charge in [-0.3, -0.25) is 4.79 Å². The molecular weight excluding hydrogens is 358 g/mol. The summed E-state index contributed by atoms with van der Waals surface area (Å²) in [5.41, 5.74) is 1.58. The molecule has 25 heavy (non-hydrogen) atoms. The number of benzene rings is 2. The van der Waals surface area contributed by atoms with Crippen molar-refractivity contribution in [3.63, 3.8) is 0 Å². The van der Waals surface area contributed by atoms with E-state index in [9.17, 15) is 9.90 Å². The number of methoxy groups -OCH3 is 1. The second kappa shape index (κ2) is 7.68. The van der Waals surface area contributed by atoms with Crippen molar-refractivity contribution >= 4 is 29.3 Å². The van der Waals surface area contributed by atoms with Crippen molar-refractivity contribution in [3.8, 4) is 11.4 Å². The topological polar surface area (TPSA) is 51.5 Å². The standard InChI is InChI=1S/C19H16ClNO3S/c1-24-15-7-4-13(5-8-15)18(19(22)23)25-17-12-14(20)6-9-16(17)21-10-2-3-11-21/h2-12,18H,1H3,(H,22,23). The van der Waals surface area contributed by atoms with Crippen LogP contribution in [0.4, 0.5) is 0 Å². The maximum absolute atomic E-state index is 11.8. The largest absolute Gasteiger partial charge is 0.497 e. The third-order valence-electron chi connectivity index (χ3n) is 3.69. The summed E-state index contributed by atoms with van der Waals surface area (Å²) in [7, 11) is 1.58. The second-order valence-corrected chi connectivity index (χ2v) is 6.90. The average molecular weight is 374 g/mol. The molecule has 0 amide bonds. The van der Waals surface area contributed by atoms with Crippen LogP contribution >= 0.6 is 23.4 Å². The molecule has 6 heteroatoms. The van der Waals surface area contributed by atoms with Crippen molar-refractivity contribution in [3.05, 3.63) is 77.6 Å². The maximum Gasteiger partial charge on any atom is 0.321 e. The Morgan fingerprint density at radius 1 is 1.16 bits per heavy atom. The summed E-state index contributed by atoms with van der Waals surface area (Å²) >= 11 is 7.40. The highest BCUT2D eigenvalue weighted by Crippen LogP contribution is 2.40. The number of hydrogen-bond donors (Lipinski definition) is 1. The summed E-state index contributed by atoms with van der Waals surface area (Å²) in [6.07, 6.45) is 3.83. The first kappa shape index (κ1) is 17.5. The van der Waals surface area contributed by atoms with Crippen LogP contribution in [0.15, 0.2) is 71.9 Å². The monoisotopic (exact) mass is 373 g/mol. The van der Waals surface area contributed by atoms with E-state index >= 15 is 0 Å². The number of carboxylic acid groups (broad SMARTS) is 1. The first-order valence-corrected chi connectivity index (χ1v) is 8.80. The van der Waals surface area contributed by atoms with Gasteiger partial charge in [0.25, 0.3) is 0 Å². The molecule has 1 aromatic heterocycles. The molecule has 2 aromatic carbocycles. The van der Waals surface area contributed by atoms with Gasteiger partial charge in [0.2, 0.25) is 0 Å². The molecule has 1 unspecified atom stereocenters. The van der Waals surface area contributed by atoms with E-state index in [1.165, 1.54) is 11.8 Å². The Labute approximate surface area is 155 Å². The van der Waals surface area contributed by atoms with Gasteiger partial charge in [0.1, 0.15) is 11.0 Å². The zero-order valence-electron chi connectivity index (χ0n) is 13.4. The number of nitrogens with zero attached hydrogens (tertiary/aromatic N) is 1. The maximum atomic E-state index is 11.8. The molecule has 0 aliphatic rings. The van der Waals surface area contributed by atoms with Crippen LogP contribution in [0.3, 0.4) is 0 Å². The van der Waals surface area contributed by atoms with Gasteiger partial charge in [0, 0.05) is 22.3 Å². The molecule has 3 aromatic rings. The van der Waals surface area contributed by atoms with Crippen LogP contribution in [-0.4, -0.2) is 22.8 Å². The minimum atomic E-state index is -0.909. The van der Waals surface area contributed by atoms with Gasteiger partial charge in [-0.25, -0.2) is 0 Å². The Balaban J connectivity index is 1.97. The highest BCUT2D eigenvalue weighted by Gasteiger charge is 2.23. The predicted molar refractivity (Wildman–Crippen MR) is 100 cm³/mol. The van der Waals surface area contributed by atoms with Crippen molar-refractivity contribution in [2.75, 3.05) is 7.11 Å². The van der Waals surface area contributed by atoms with Gasteiger partial charge in [0.05, 0.1) is 12.8 Å². The smallest absolute Gasteiger partial charge is 0.321 e. The normalized spacial score (nSPS) is 11.9. The SMILES string of the molecule is COc1ccc(C(Sc2cc(Cl)ccc2-n2cccc2)C(=O)O)cc1. The lowest BCUT2D eigenvalue weighted by Gasteiger charge is -2.16. The molecule has 0 aliphatic heterocycles. The van der Waals surface area contributed by atoms with E-state index in [4.69, 9.17) is 16.3 Å². The fourth-order valence-electron chi connectivity index (χ4n) is 2.46. The Kier molecular flexibility index (Phi) is 5.36. The molecule has 1 heterocycles. The van der Waals surface area contributed by atoms with Crippen LogP contribution in [0.1, 0.15) is 10.8 Å². The minimum Gasteiger partial charge on any atom is -0.497 e. The molecule has 1 atom stereocenters. The van der Waals surface area contributed by atoms with Crippen molar-refractivity contribution in [2.24, 2.45) is 0 Å². The number of halogens is 1. The molecular formula is C19H16ClNO3S. The van der Waals surface area contributed by atoms with E-state index in [-0.39, 0.29) is 0 Å². The van der Waals surface area contributed by atoms with E-state index in [2.05, 4.69) is 0 Å². The molecule has 0 spiro atoms. The van der Waals surface area contributed by atoms with Crippen LogP contribution in [0.2, 0.25) is 5.02 Å². The third kappa shape index (κ3) is 4.00. The summed E-state index contributed by atoms with van der Waals surface area (Å²) in [6.45, 7) is 0. The van der Waals surface area contributed by atoms with Gasteiger partial charge in [-0.15, -0.1) is 11.8 Å². The number of carboxylic acids is 1. The molecule has 0 saturated heterocycles. The van der Waals surface area contributed by atoms with Crippen molar-refractivity contribution < 1.29 is 14.6 Å². The van der Waals surface area contributed by atoms with Crippen LogP contribution in [-0.2, 0) is 4.79 Å². The van der Waals surface area contributed by atoms with E-state index in [0.29, 0.717) is 16.3 Å². The summed E-state index contributed by atoms with van der Waals surface area (Å²) < 4.78 is 7.07. The molecule has 4 nitrogen and oxygen atoms in total. The second-order valence-electron chi connectivity index (χ2n) is 5.31. The van der Waals surface area contributed by atoms with Crippen LogP contribution in [0, 0.1) is 0 Å². The lowest BCUT2D eigenvalue weighted by Crippen LogP contribution is -2.08. The molecule has 0 radical (unpaired) electrons. The quantitative estimate of drug-likeness (QED) is 0.614. The number of aromatic nitrogens is 1. The molecule has 3 rings (SSSR count). The van der Waals surface area contributed by atoms with Crippen molar-refractivity contribution in [1.29, 1.82) is 0 Å². The van der Waals surface area contributed by atoms with E-state index in [1.54, 1.807) is 43.5 Å². The molecule has 0 saturated carbocycles. The number of rotatable bonds is 6. The highest BCUT2D eigenvalue weighted by molar-refractivity contribution is 8.00. The Morgan fingerprint density at radius 3 is 2.44 bits per heavy atom. The zero-order valence-corrected chi connectivity index (χ0v) is 15.0. The molecule has 128 valence electrons. The van der Waals surface area contributed by atoms with Crippen LogP contribution < -0.4 is 4.74 Å². The Morgan fingerprint density at radius 2 is 1.84 bits per heavy atom. The number of thioether (sulfide) groups is 1. The Hall–Kier alpha value is -2.37. The number of carbonyl (C=O) groups is 1.